The van der Waals surface area contributed by atoms with Crippen LogP contribution in [0, 0.1) is 3.57 Å². The van der Waals surface area contributed by atoms with E-state index in [0.717, 1.165) is 14.6 Å². The molecule has 0 aliphatic carbocycles. The molecule has 2 aromatic rings. The van der Waals surface area contributed by atoms with Crippen molar-refractivity contribution in [1.29, 1.82) is 0 Å². The number of primary amides is 1. The molecule has 0 aliphatic heterocycles. The Morgan fingerprint density at radius 3 is 2.71 bits per heavy atom. The highest BCUT2D eigenvalue weighted by Gasteiger charge is 2.30. The third kappa shape index (κ3) is 1.86. The van der Waals surface area contributed by atoms with Crippen molar-refractivity contribution in [3.8, 4) is 0 Å². The van der Waals surface area contributed by atoms with Gasteiger partial charge in [-0.15, -0.1) is 0 Å². The molecule has 0 unspecified atom stereocenters. The van der Waals surface area contributed by atoms with Crippen LogP contribution in [0.5, 0.6) is 0 Å². The number of nitrogens with two attached hydrogens (primary N) is 2. The van der Waals surface area contributed by atoms with E-state index in [1.807, 2.05) is 18.2 Å². The van der Waals surface area contributed by atoms with Crippen LogP contribution >= 0.6 is 22.6 Å². The zero-order valence-electron chi connectivity index (χ0n) is 9.57. The molecule has 2 rings (SSSR count). The summed E-state index contributed by atoms with van der Waals surface area (Å²) in [6, 6.07) is 5.75. The molecule has 1 aromatic carbocycles. The summed E-state index contributed by atoms with van der Waals surface area (Å²) in [4.78, 5) is 15.7. The second kappa shape index (κ2) is 3.86. The number of benzene rings is 1. The predicted molar refractivity (Wildman–Crippen MR) is 75.4 cm³/mol. The Bertz CT molecular complexity index is 603. The molecular weight excluding hydrogens is 331 g/mol. The molecule has 1 aromatic heterocycles. The highest BCUT2D eigenvalue weighted by atomic mass is 127. The van der Waals surface area contributed by atoms with Crippen molar-refractivity contribution in [2.75, 3.05) is 5.73 Å². The lowest BCUT2D eigenvalue weighted by molar-refractivity contribution is -0.124. The summed E-state index contributed by atoms with van der Waals surface area (Å²) in [5, 5.41) is 0. The number of fused-ring (bicyclic) bond motifs is 1. The fraction of sp³-hybridized carbons (Fsp3) is 0.273. The van der Waals surface area contributed by atoms with Crippen LogP contribution in [0.4, 0.5) is 5.95 Å². The van der Waals surface area contributed by atoms with Crippen molar-refractivity contribution in [3.63, 3.8) is 0 Å². The number of aromatic nitrogens is 2. The Kier molecular flexibility index (Phi) is 2.76. The fourth-order valence-electron chi connectivity index (χ4n) is 1.77. The minimum Gasteiger partial charge on any atom is -0.369 e. The standard InChI is InChI=1S/C11H13IN4O/c1-11(2,9(13)17)16-8-4-3-6(12)5-7(8)15-10(16)14/h3-5H,1-2H3,(H2,13,17)(H2,14,15). The average Bonchev–Trinajstić information content (AvgIpc) is 2.53. The third-order valence-corrected chi connectivity index (χ3v) is 3.48. The molecule has 17 heavy (non-hydrogen) atoms. The van der Waals surface area contributed by atoms with E-state index in [4.69, 9.17) is 11.5 Å². The van der Waals surface area contributed by atoms with Crippen LogP contribution in [0.1, 0.15) is 13.8 Å². The monoisotopic (exact) mass is 344 g/mol. The van der Waals surface area contributed by atoms with Gasteiger partial charge in [0.1, 0.15) is 5.54 Å². The Labute approximate surface area is 112 Å². The van der Waals surface area contributed by atoms with Crippen molar-refractivity contribution in [3.05, 3.63) is 21.8 Å². The minimum absolute atomic E-state index is 0.297. The summed E-state index contributed by atoms with van der Waals surface area (Å²) in [5.74, 6) is -0.146. The van der Waals surface area contributed by atoms with Crippen molar-refractivity contribution >= 4 is 45.5 Å². The van der Waals surface area contributed by atoms with Crippen LogP contribution in [-0.2, 0) is 10.3 Å². The number of carbonyl (C=O) groups excluding carboxylic acids is 1. The number of amides is 1. The highest BCUT2D eigenvalue weighted by Crippen LogP contribution is 2.27. The number of halogens is 1. The van der Waals surface area contributed by atoms with Gasteiger partial charge in [-0.1, -0.05) is 0 Å². The lowest BCUT2D eigenvalue weighted by atomic mass is 10.0. The van der Waals surface area contributed by atoms with Crippen molar-refractivity contribution < 1.29 is 4.79 Å². The van der Waals surface area contributed by atoms with Gasteiger partial charge in [-0.3, -0.25) is 9.36 Å². The summed E-state index contributed by atoms with van der Waals surface area (Å²) in [7, 11) is 0. The fourth-order valence-corrected chi connectivity index (χ4v) is 2.24. The Balaban J connectivity index is 2.78. The first kappa shape index (κ1) is 12.2. The van der Waals surface area contributed by atoms with Crippen molar-refractivity contribution in [2.45, 2.75) is 19.4 Å². The Morgan fingerprint density at radius 1 is 1.47 bits per heavy atom. The molecule has 0 aliphatic rings. The average molecular weight is 344 g/mol. The van der Waals surface area contributed by atoms with Gasteiger partial charge in [-0.2, -0.15) is 0 Å². The van der Waals surface area contributed by atoms with Gasteiger partial charge >= 0.3 is 0 Å². The third-order valence-electron chi connectivity index (χ3n) is 2.80. The highest BCUT2D eigenvalue weighted by molar-refractivity contribution is 14.1. The number of hydrogen-bond acceptors (Lipinski definition) is 3. The molecule has 0 atom stereocenters. The minimum atomic E-state index is -0.897. The molecule has 0 spiro atoms. The summed E-state index contributed by atoms with van der Waals surface area (Å²) in [6.07, 6.45) is 0. The first-order valence-corrected chi connectivity index (χ1v) is 6.16. The van der Waals surface area contributed by atoms with Crippen LogP contribution in [0.3, 0.4) is 0 Å². The van der Waals surface area contributed by atoms with E-state index < -0.39 is 11.4 Å². The summed E-state index contributed by atoms with van der Waals surface area (Å²) >= 11 is 2.20. The van der Waals surface area contributed by atoms with E-state index in [1.54, 1.807) is 18.4 Å². The van der Waals surface area contributed by atoms with Gasteiger partial charge in [0.25, 0.3) is 0 Å². The largest absolute Gasteiger partial charge is 0.369 e. The van der Waals surface area contributed by atoms with Crippen LogP contribution < -0.4 is 11.5 Å². The molecule has 4 N–H and O–H groups in total. The molecular formula is C11H13IN4O. The van der Waals surface area contributed by atoms with Gasteiger partial charge < -0.3 is 11.5 Å². The number of imidazole rings is 1. The zero-order chi connectivity index (χ0) is 12.8. The molecule has 0 radical (unpaired) electrons. The molecule has 1 amide bonds. The lowest BCUT2D eigenvalue weighted by Crippen LogP contribution is -2.41. The van der Waals surface area contributed by atoms with Crippen molar-refractivity contribution in [1.82, 2.24) is 9.55 Å². The number of nitrogen functional groups attached to an aromatic ring is 1. The number of anilines is 1. The summed E-state index contributed by atoms with van der Waals surface area (Å²) < 4.78 is 2.73. The van der Waals surface area contributed by atoms with Crippen LogP contribution in [0.15, 0.2) is 18.2 Å². The quantitative estimate of drug-likeness (QED) is 0.809. The number of nitrogens with zero attached hydrogens (tertiary/aromatic N) is 2. The molecule has 0 saturated carbocycles. The topological polar surface area (TPSA) is 86.9 Å². The van der Waals surface area contributed by atoms with Gasteiger partial charge in [0.05, 0.1) is 11.0 Å². The number of rotatable bonds is 2. The molecule has 1 heterocycles. The van der Waals surface area contributed by atoms with E-state index >= 15 is 0 Å². The maximum Gasteiger partial charge on any atom is 0.243 e. The normalized spacial score (nSPS) is 11.9. The molecule has 6 heteroatoms. The van der Waals surface area contributed by atoms with Crippen LogP contribution in [0.25, 0.3) is 11.0 Å². The lowest BCUT2D eigenvalue weighted by Gasteiger charge is -2.24. The smallest absolute Gasteiger partial charge is 0.243 e. The molecule has 0 saturated heterocycles. The van der Waals surface area contributed by atoms with Crippen LogP contribution in [-0.4, -0.2) is 15.5 Å². The summed E-state index contributed by atoms with van der Waals surface area (Å²) in [6.45, 7) is 3.45. The molecule has 0 bridgehead atoms. The zero-order valence-corrected chi connectivity index (χ0v) is 11.7. The predicted octanol–water partition coefficient (Wildman–Crippen LogP) is 1.44. The Morgan fingerprint density at radius 2 is 2.12 bits per heavy atom. The molecule has 0 fully saturated rings. The van der Waals surface area contributed by atoms with Gasteiger partial charge in [0, 0.05) is 3.57 Å². The first-order valence-electron chi connectivity index (χ1n) is 5.08. The summed E-state index contributed by atoms with van der Waals surface area (Å²) in [5.41, 5.74) is 12.0. The molecule has 90 valence electrons. The number of carbonyl (C=O) groups is 1. The number of hydrogen-bond donors (Lipinski definition) is 2. The Hall–Kier alpha value is -1.31. The second-order valence-electron chi connectivity index (χ2n) is 4.36. The second-order valence-corrected chi connectivity index (χ2v) is 5.61. The molecule has 5 nitrogen and oxygen atoms in total. The van der Waals surface area contributed by atoms with E-state index in [9.17, 15) is 4.79 Å². The van der Waals surface area contributed by atoms with E-state index in [1.165, 1.54) is 0 Å². The first-order chi connectivity index (χ1) is 7.84. The van der Waals surface area contributed by atoms with E-state index in [0.29, 0.717) is 5.95 Å². The van der Waals surface area contributed by atoms with Gasteiger partial charge in [0.2, 0.25) is 11.9 Å². The van der Waals surface area contributed by atoms with Crippen molar-refractivity contribution in [2.24, 2.45) is 5.73 Å². The van der Waals surface area contributed by atoms with Gasteiger partial charge in [0.15, 0.2) is 0 Å². The SMILES string of the molecule is CC(C)(C(N)=O)n1c(N)nc2cc(I)ccc21. The van der Waals surface area contributed by atoms with Crippen LogP contribution in [0.2, 0.25) is 0 Å². The van der Waals surface area contributed by atoms with Gasteiger partial charge in [-0.05, 0) is 54.6 Å². The maximum atomic E-state index is 11.5. The van der Waals surface area contributed by atoms with Gasteiger partial charge in [-0.25, -0.2) is 4.98 Å². The van der Waals surface area contributed by atoms with E-state index in [-0.39, 0.29) is 0 Å². The van der Waals surface area contributed by atoms with E-state index in [2.05, 4.69) is 27.6 Å². The maximum absolute atomic E-state index is 11.5.